The van der Waals surface area contributed by atoms with Crippen LogP contribution in [0.2, 0.25) is 0 Å². The Kier molecular flexibility index (Phi) is 5.42. The second-order valence-electron chi connectivity index (χ2n) is 5.30. The van der Waals surface area contributed by atoms with Gasteiger partial charge in [0.1, 0.15) is 0 Å². The van der Waals surface area contributed by atoms with E-state index >= 15 is 0 Å². The van der Waals surface area contributed by atoms with Gasteiger partial charge in [-0.1, -0.05) is 0 Å². The zero-order valence-electron chi connectivity index (χ0n) is 14.1. The largest absolute Gasteiger partial charge is 0.493 e. The molecule has 2 rings (SSSR count). The van der Waals surface area contributed by atoms with Crippen molar-refractivity contribution in [2.24, 2.45) is 0 Å². The van der Waals surface area contributed by atoms with E-state index in [0.29, 0.717) is 28.3 Å². The maximum absolute atomic E-state index is 12.3. The number of hydrogen-bond acceptors (Lipinski definition) is 4. The van der Waals surface area contributed by atoms with Gasteiger partial charge in [-0.2, -0.15) is 0 Å². The van der Waals surface area contributed by atoms with Crippen molar-refractivity contribution in [1.29, 1.82) is 0 Å². The summed E-state index contributed by atoms with van der Waals surface area (Å²) >= 11 is 0. The fourth-order valence-electron chi connectivity index (χ4n) is 2.14. The maximum atomic E-state index is 12.3. The van der Waals surface area contributed by atoms with Gasteiger partial charge in [-0.05, 0) is 42.5 Å². The lowest BCUT2D eigenvalue weighted by molar-refractivity contribution is 0.0827. The van der Waals surface area contributed by atoms with Crippen molar-refractivity contribution in [3.05, 3.63) is 53.6 Å². The van der Waals surface area contributed by atoms with E-state index in [1.54, 1.807) is 56.6 Å². The molecule has 0 radical (unpaired) electrons. The first-order chi connectivity index (χ1) is 11.5. The monoisotopic (exact) mass is 328 g/mol. The lowest BCUT2D eigenvalue weighted by Crippen LogP contribution is -2.21. The lowest BCUT2D eigenvalue weighted by atomic mass is 10.1. The molecule has 6 nitrogen and oxygen atoms in total. The van der Waals surface area contributed by atoms with Crippen molar-refractivity contribution in [3.8, 4) is 11.5 Å². The summed E-state index contributed by atoms with van der Waals surface area (Å²) in [7, 11) is 6.43. The number of rotatable bonds is 5. The van der Waals surface area contributed by atoms with E-state index in [1.165, 1.54) is 19.1 Å². The van der Waals surface area contributed by atoms with Crippen LogP contribution < -0.4 is 14.8 Å². The number of carbonyl (C=O) groups is 2. The van der Waals surface area contributed by atoms with Crippen LogP contribution in [0.25, 0.3) is 0 Å². The zero-order valence-corrected chi connectivity index (χ0v) is 14.1. The molecule has 0 saturated heterocycles. The van der Waals surface area contributed by atoms with Gasteiger partial charge in [-0.3, -0.25) is 9.59 Å². The summed E-state index contributed by atoms with van der Waals surface area (Å²) in [5, 5.41) is 2.78. The average molecular weight is 328 g/mol. The molecule has 0 aliphatic carbocycles. The van der Waals surface area contributed by atoms with Crippen LogP contribution in [0.5, 0.6) is 11.5 Å². The van der Waals surface area contributed by atoms with Crippen molar-refractivity contribution in [2.75, 3.05) is 33.6 Å². The SMILES string of the molecule is COc1ccc(C(=O)Nc2ccc(C(=O)N(C)C)cc2)cc1OC. The van der Waals surface area contributed by atoms with Crippen molar-refractivity contribution in [1.82, 2.24) is 4.90 Å². The van der Waals surface area contributed by atoms with E-state index in [4.69, 9.17) is 9.47 Å². The molecule has 0 aliphatic rings. The minimum Gasteiger partial charge on any atom is -0.493 e. The van der Waals surface area contributed by atoms with Crippen LogP contribution in [0.15, 0.2) is 42.5 Å². The van der Waals surface area contributed by atoms with Crippen LogP contribution in [0, 0.1) is 0 Å². The third-order valence-corrected chi connectivity index (χ3v) is 3.44. The smallest absolute Gasteiger partial charge is 0.255 e. The molecule has 0 aromatic heterocycles. The maximum Gasteiger partial charge on any atom is 0.255 e. The van der Waals surface area contributed by atoms with E-state index in [9.17, 15) is 9.59 Å². The van der Waals surface area contributed by atoms with Gasteiger partial charge < -0.3 is 19.7 Å². The predicted octanol–water partition coefficient (Wildman–Crippen LogP) is 2.66. The molecule has 24 heavy (non-hydrogen) atoms. The quantitative estimate of drug-likeness (QED) is 0.916. The van der Waals surface area contributed by atoms with E-state index in [2.05, 4.69) is 5.32 Å². The Hall–Kier alpha value is -3.02. The van der Waals surface area contributed by atoms with E-state index in [-0.39, 0.29) is 11.8 Å². The summed E-state index contributed by atoms with van der Waals surface area (Å²) in [6.45, 7) is 0. The molecule has 0 bridgehead atoms. The standard InChI is InChI=1S/C18H20N2O4/c1-20(2)18(22)12-5-8-14(9-6-12)19-17(21)13-7-10-15(23-3)16(11-13)24-4/h5-11H,1-4H3,(H,19,21). The Labute approximate surface area is 141 Å². The number of anilines is 1. The van der Waals surface area contributed by atoms with E-state index in [1.807, 2.05) is 0 Å². The molecule has 0 unspecified atom stereocenters. The molecular weight excluding hydrogens is 308 g/mol. The molecule has 0 atom stereocenters. The van der Waals surface area contributed by atoms with Gasteiger partial charge in [0.15, 0.2) is 11.5 Å². The van der Waals surface area contributed by atoms with Crippen LogP contribution in [0.3, 0.4) is 0 Å². The fraction of sp³-hybridized carbons (Fsp3) is 0.222. The van der Waals surface area contributed by atoms with Crippen LogP contribution in [0.1, 0.15) is 20.7 Å². The van der Waals surface area contributed by atoms with Gasteiger partial charge in [0.2, 0.25) is 0 Å². The molecule has 2 aromatic carbocycles. The Bertz CT molecular complexity index is 739. The molecule has 0 fully saturated rings. The molecule has 0 spiro atoms. The molecule has 126 valence electrons. The van der Waals surface area contributed by atoms with Gasteiger partial charge in [-0.25, -0.2) is 0 Å². The zero-order chi connectivity index (χ0) is 17.7. The lowest BCUT2D eigenvalue weighted by Gasteiger charge is -2.12. The van der Waals surface area contributed by atoms with Crippen LogP contribution in [-0.2, 0) is 0 Å². The molecular formula is C18H20N2O4. The minimum atomic E-state index is -0.275. The number of carbonyl (C=O) groups excluding carboxylic acids is 2. The number of benzene rings is 2. The number of nitrogens with one attached hydrogen (secondary N) is 1. The summed E-state index contributed by atoms with van der Waals surface area (Å²) in [6, 6.07) is 11.7. The molecule has 2 aromatic rings. The van der Waals surface area contributed by atoms with Crippen molar-refractivity contribution in [3.63, 3.8) is 0 Å². The predicted molar refractivity (Wildman–Crippen MR) is 92.0 cm³/mol. The summed E-state index contributed by atoms with van der Waals surface area (Å²) < 4.78 is 10.3. The molecule has 0 heterocycles. The summed E-state index contributed by atoms with van der Waals surface area (Å²) in [4.78, 5) is 25.7. The first-order valence-corrected chi connectivity index (χ1v) is 7.31. The normalized spacial score (nSPS) is 10.0. The topological polar surface area (TPSA) is 67.9 Å². The van der Waals surface area contributed by atoms with Gasteiger partial charge in [0.25, 0.3) is 11.8 Å². The van der Waals surface area contributed by atoms with Gasteiger partial charge in [0, 0.05) is 30.9 Å². The Morgan fingerprint density at radius 2 is 1.46 bits per heavy atom. The van der Waals surface area contributed by atoms with Gasteiger partial charge in [-0.15, -0.1) is 0 Å². The summed E-state index contributed by atoms with van der Waals surface area (Å²) in [5.74, 6) is 0.674. The van der Waals surface area contributed by atoms with Gasteiger partial charge >= 0.3 is 0 Å². The molecule has 0 saturated carbocycles. The molecule has 0 aliphatic heterocycles. The highest BCUT2D eigenvalue weighted by atomic mass is 16.5. The Balaban J connectivity index is 2.13. The second-order valence-corrected chi connectivity index (χ2v) is 5.30. The fourth-order valence-corrected chi connectivity index (χ4v) is 2.14. The minimum absolute atomic E-state index is 0.0900. The van der Waals surface area contributed by atoms with E-state index < -0.39 is 0 Å². The first-order valence-electron chi connectivity index (χ1n) is 7.31. The second kappa shape index (κ2) is 7.50. The molecule has 6 heteroatoms. The van der Waals surface area contributed by atoms with Crippen LogP contribution >= 0.6 is 0 Å². The number of hydrogen-bond donors (Lipinski definition) is 1. The Morgan fingerprint density at radius 1 is 0.875 bits per heavy atom. The number of methoxy groups -OCH3 is 2. The number of ether oxygens (including phenoxy) is 2. The van der Waals surface area contributed by atoms with Crippen LogP contribution in [-0.4, -0.2) is 45.0 Å². The first kappa shape index (κ1) is 17.3. The van der Waals surface area contributed by atoms with Crippen molar-refractivity contribution in [2.45, 2.75) is 0 Å². The third-order valence-electron chi connectivity index (χ3n) is 3.44. The summed E-state index contributed by atoms with van der Waals surface area (Å²) in [6.07, 6.45) is 0. The highest BCUT2D eigenvalue weighted by Gasteiger charge is 2.12. The molecule has 2 amide bonds. The van der Waals surface area contributed by atoms with Crippen LogP contribution in [0.4, 0.5) is 5.69 Å². The number of nitrogens with zero attached hydrogens (tertiary/aromatic N) is 1. The third kappa shape index (κ3) is 3.84. The van der Waals surface area contributed by atoms with Gasteiger partial charge in [0.05, 0.1) is 14.2 Å². The highest BCUT2D eigenvalue weighted by molar-refractivity contribution is 6.05. The van der Waals surface area contributed by atoms with Crippen molar-refractivity contribution < 1.29 is 19.1 Å². The average Bonchev–Trinajstić information content (AvgIpc) is 2.60. The van der Waals surface area contributed by atoms with E-state index in [0.717, 1.165) is 0 Å². The Morgan fingerprint density at radius 3 is 2.00 bits per heavy atom. The number of amides is 2. The summed E-state index contributed by atoms with van der Waals surface area (Å²) in [5.41, 5.74) is 1.61. The highest BCUT2D eigenvalue weighted by Crippen LogP contribution is 2.27. The van der Waals surface area contributed by atoms with Crippen molar-refractivity contribution >= 4 is 17.5 Å². The molecule has 1 N–H and O–H groups in total.